The predicted octanol–water partition coefficient (Wildman–Crippen LogP) is 2.55. The van der Waals surface area contributed by atoms with Gasteiger partial charge in [0.15, 0.2) is 0 Å². The maximum atomic E-state index is 12.4. The molecule has 2 amide bonds. The molecule has 0 saturated heterocycles. The molecule has 0 rings (SSSR count). The van der Waals surface area contributed by atoms with Crippen molar-refractivity contribution in [3.63, 3.8) is 0 Å². The summed E-state index contributed by atoms with van der Waals surface area (Å²) < 4.78 is 4.57. The fraction of sp³-hybridized carbons (Fsp3) is 0.867. The van der Waals surface area contributed by atoms with Gasteiger partial charge in [0, 0.05) is 6.04 Å². The molecule has 0 fully saturated rings. The third-order valence-corrected chi connectivity index (χ3v) is 3.31. The van der Waals surface area contributed by atoms with Gasteiger partial charge in [0.2, 0.25) is 5.91 Å². The first-order valence-electron chi connectivity index (χ1n) is 7.15. The van der Waals surface area contributed by atoms with E-state index in [0.717, 1.165) is 0 Å². The lowest BCUT2D eigenvalue weighted by Gasteiger charge is -2.36. The fourth-order valence-electron chi connectivity index (χ4n) is 2.35. The zero-order chi connectivity index (χ0) is 16.1. The van der Waals surface area contributed by atoms with Crippen LogP contribution in [0.25, 0.3) is 0 Å². The molecule has 0 heterocycles. The van der Waals surface area contributed by atoms with Crippen molar-refractivity contribution in [1.82, 2.24) is 10.6 Å². The van der Waals surface area contributed by atoms with Gasteiger partial charge in [-0.05, 0) is 17.3 Å². The first-order chi connectivity index (χ1) is 9.00. The van der Waals surface area contributed by atoms with Crippen molar-refractivity contribution < 1.29 is 14.3 Å². The Labute approximate surface area is 122 Å². The minimum atomic E-state index is -0.592. The smallest absolute Gasteiger partial charge is 0.407 e. The van der Waals surface area contributed by atoms with Gasteiger partial charge in [-0.3, -0.25) is 4.79 Å². The summed E-state index contributed by atoms with van der Waals surface area (Å²) in [6, 6.07) is -0.554. The third kappa shape index (κ3) is 5.80. The van der Waals surface area contributed by atoms with Crippen molar-refractivity contribution >= 4 is 12.0 Å². The molecule has 0 aromatic rings. The lowest BCUT2D eigenvalue weighted by Crippen LogP contribution is -2.55. The first-order valence-corrected chi connectivity index (χ1v) is 7.15. The topological polar surface area (TPSA) is 67.4 Å². The fourth-order valence-corrected chi connectivity index (χ4v) is 2.35. The number of amides is 2. The van der Waals surface area contributed by atoms with Crippen molar-refractivity contribution in [3.05, 3.63) is 0 Å². The summed E-state index contributed by atoms with van der Waals surface area (Å²) in [4.78, 5) is 23.8. The SMILES string of the molecule is COC(=O)N[C@@H](C(=O)NC(C(C)C)C(C)(C)C)C(C)C. The number of methoxy groups -OCH3 is 1. The number of hydrogen-bond donors (Lipinski definition) is 2. The van der Waals surface area contributed by atoms with Gasteiger partial charge in [-0.15, -0.1) is 0 Å². The van der Waals surface area contributed by atoms with Crippen LogP contribution in [-0.4, -0.2) is 31.2 Å². The number of nitrogens with one attached hydrogen (secondary N) is 2. The molecule has 0 bridgehead atoms. The highest BCUT2D eigenvalue weighted by molar-refractivity contribution is 5.86. The van der Waals surface area contributed by atoms with Crippen molar-refractivity contribution in [1.29, 1.82) is 0 Å². The van der Waals surface area contributed by atoms with Gasteiger partial charge in [0.05, 0.1) is 7.11 Å². The monoisotopic (exact) mass is 286 g/mol. The van der Waals surface area contributed by atoms with E-state index in [0.29, 0.717) is 5.92 Å². The normalized spacial score (nSPS) is 14.9. The second-order valence-electron chi connectivity index (χ2n) is 6.95. The average Bonchev–Trinajstić information content (AvgIpc) is 2.29. The van der Waals surface area contributed by atoms with Gasteiger partial charge in [-0.25, -0.2) is 4.79 Å². The van der Waals surface area contributed by atoms with Gasteiger partial charge in [0.1, 0.15) is 6.04 Å². The van der Waals surface area contributed by atoms with Crippen LogP contribution < -0.4 is 10.6 Å². The first kappa shape index (κ1) is 18.7. The van der Waals surface area contributed by atoms with E-state index in [1.807, 2.05) is 13.8 Å². The molecule has 0 aliphatic carbocycles. The van der Waals surface area contributed by atoms with Crippen LogP contribution in [0.2, 0.25) is 0 Å². The molecule has 1 unspecified atom stereocenters. The van der Waals surface area contributed by atoms with Crippen molar-refractivity contribution in [2.24, 2.45) is 17.3 Å². The van der Waals surface area contributed by atoms with Gasteiger partial charge in [-0.2, -0.15) is 0 Å². The maximum Gasteiger partial charge on any atom is 0.407 e. The maximum absolute atomic E-state index is 12.4. The lowest BCUT2D eigenvalue weighted by molar-refractivity contribution is -0.126. The summed E-state index contributed by atoms with van der Waals surface area (Å²) >= 11 is 0. The van der Waals surface area contributed by atoms with Crippen LogP contribution in [0, 0.1) is 17.3 Å². The highest BCUT2D eigenvalue weighted by atomic mass is 16.5. The van der Waals surface area contributed by atoms with Gasteiger partial charge in [-0.1, -0.05) is 48.5 Å². The van der Waals surface area contributed by atoms with Gasteiger partial charge in [0.25, 0.3) is 0 Å². The largest absolute Gasteiger partial charge is 0.453 e. The van der Waals surface area contributed by atoms with Crippen LogP contribution in [0.1, 0.15) is 48.5 Å². The highest BCUT2D eigenvalue weighted by Gasteiger charge is 2.32. The second kappa shape index (κ2) is 7.50. The van der Waals surface area contributed by atoms with E-state index in [1.54, 1.807) is 0 Å². The molecule has 20 heavy (non-hydrogen) atoms. The summed E-state index contributed by atoms with van der Waals surface area (Å²) in [6.45, 7) is 14.2. The molecule has 0 radical (unpaired) electrons. The Morgan fingerprint density at radius 1 is 0.950 bits per heavy atom. The molecule has 0 saturated carbocycles. The van der Waals surface area contributed by atoms with E-state index in [2.05, 4.69) is 50.0 Å². The molecule has 0 aliphatic rings. The van der Waals surface area contributed by atoms with Crippen molar-refractivity contribution in [2.45, 2.75) is 60.5 Å². The van der Waals surface area contributed by atoms with E-state index >= 15 is 0 Å². The van der Waals surface area contributed by atoms with E-state index < -0.39 is 12.1 Å². The third-order valence-electron chi connectivity index (χ3n) is 3.31. The summed E-state index contributed by atoms with van der Waals surface area (Å²) in [6.07, 6.45) is -0.587. The molecule has 0 spiro atoms. The van der Waals surface area contributed by atoms with Crippen LogP contribution >= 0.6 is 0 Å². The number of carbonyl (C=O) groups is 2. The molecular formula is C15H30N2O3. The Bertz CT molecular complexity index is 333. The molecule has 5 heteroatoms. The minimum absolute atomic E-state index is 0.0121. The van der Waals surface area contributed by atoms with Gasteiger partial charge < -0.3 is 15.4 Å². The van der Waals surface area contributed by atoms with Crippen LogP contribution in [0.4, 0.5) is 4.79 Å². The quantitative estimate of drug-likeness (QED) is 0.816. The minimum Gasteiger partial charge on any atom is -0.453 e. The molecule has 5 nitrogen and oxygen atoms in total. The molecular weight excluding hydrogens is 256 g/mol. The summed E-state index contributed by atoms with van der Waals surface area (Å²) in [5.74, 6) is 0.130. The number of rotatable bonds is 5. The lowest BCUT2D eigenvalue weighted by atomic mass is 9.80. The van der Waals surface area contributed by atoms with Crippen LogP contribution in [0.15, 0.2) is 0 Å². The number of ether oxygens (including phenoxy) is 1. The molecule has 2 atom stereocenters. The number of hydrogen-bond acceptors (Lipinski definition) is 3. The molecule has 0 aliphatic heterocycles. The summed E-state index contributed by atoms with van der Waals surface area (Å²) in [7, 11) is 1.29. The zero-order valence-corrected chi connectivity index (χ0v) is 14.0. The molecule has 0 aromatic heterocycles. The average molecular weight is 286 g/mol. The van der Waals surface area contributed by atoms with Crippen LogP contribution in [-0.2, 0) is 9.53 Å². The standard InChI is InChI=1S/C15H30N2O3/c1-9(2)11(16-14(19)20-8)13(18)17-12(10(3)4)15(5,6)7/h9-12H,1-8H3,(H,16,19)(H,17,18)/t11-,12?/m1/s1. The van der Waals surface area contributed by atoms with Crippen LogP contribution in [0.5, 0.6) is 0 Å². The Morgan fingerprint density at radius 2 is 1.45 bits per heavy atom. The number of alkyl carbamates (subject to hydrolysis) is 1. The summed E-state index contributed by atoms with van der Waals surface area (Å²) in [5, 5.41) is 5.65. The zero-order valence-electron chi connectivity index (χ0n) is 14.0. The van der Waals surface area contributed by atoms with E-state index in [4.69, 9.17) is 0 Å². The Morgan fingerprint density at radius 3 is 1.75 bits per heavy atom. The Balaban J connectivity index is 4.95. The van der Waals surface area contributed by atoms with Gasteiger partial charge >= 0.3 is 6.09 Å². The summed E-state index contributed by atoms with van der Waals surface area (Å²) in [5.41, 5.74) is -0.0450. The molecule has 118 valence electrons. The predicted molar refractivity (Wildman–Crippen MR) is 80.4 cm³/mol. The Kier molecular flexibility index (Phi) is 7.03. The van der Waals surface area contributed by atoms with Crippen LogP contribution in [0.3, 0.4) is 0 Å². The highest BCUT2D eigenvalue weighted by Crippen LogP contribution is 2.25. The molecule has 0 aromatic carbocycles. The van der Waals surface area contributed by atoms with E-state index in [9.17, 15) is 9.59 Å². The van der Waals surface area contributed by atoms with Crippen molar-refractivity contribution in [2.75, 3.05) is 7.11 Å². The van der Waals surface area contributed by atoms with E-state index in [-0.39, 0.29) is 23.3 Å². The van der Waals surface area contributed by atoms with E-state index in [1.165, 1.54) is 7.11 Å². The number of carbonyl (C=O) groups excluding carboxylic acids is 2. The van der Waals surface area contributed by atoms with Crippen molar-refractivity contribution in [3.8, 4) is 0 Å². The second-order valence-corrected chi connectivity index (χ2v) is 6.95. The molecule has 2 N–H and O–H groups in total. The Hall–Kier alpha value is -1.26.